The fourth-order valence-corrected chi connectivity index (χ4v) is 9.26. The number of rotatable bonds is 2. The van der Waals surface area contributed by atoms with Crippen molar-refractivity contribution in [1.82, 2.24) is 0 Å². The highest BCUT2D eigenvalue weighted by Gasteiger charge is 2.16. The Hall–Kier alpha value is -4.76. The molecule has 0 spiro atoms. The first kappa shape index (κ1) is 22.9. The average molecular weight is 567 g/mol. The van der Waals surface area contributed by atoms with E-state index in [1.54, 1.807) is 0 Å². The predicted octanol–water partition coefficient (Wildman–Crippen LogP) is 12.7. The summed E-state index contributed by atoms with van der Waals surface area (Å²) < 4.78 is 5.39. The maximum atomic E-state index is 2.39. The SMILES string of the molecule is c1ccc2c(c1)sc1ccc(-c3ccc4ccc5c(-c6ccc7sc8ccccc8c7c6)ccc6ccc3c4c65)cc12. The Bertz CT molecular complexity index is 2500. The molecule has 0 aliphatic carbocycles. The summed E-state index contributed by atoms with van der Waals surface area (Å²) in [4.78, 5) is 0. The van der Waals surface area contributed by atoms with Gasteiger partial charge in [-0.3, -0.25) is 0 Å². The van der Waals surface area contributed by atoms with Crippen molar-refractivity contribution in [3.05, 3.63) is 133 Å². The van der Waals surface area contributed by atoms with Crippen LogP contribution < -0.4 is 0 Å². The van der Waals surface area contributed by atoms with Crippen molar-refractivity contribution < 1.29 is 0 Å². The minimum absolute atomic E-state index is 1.28. The van der Waals surface area contributed by atoms with E-state index in [0.29, 0.717) is 0 Å². The van der Waals surface area contributed by atoms with Crippen molar-refractivity contribution in [2.24, 2.45) is 0 Å². The predicted molar refractivity (Wildman–Crippen MR) is 187 cm³/mol. The summed E-state index contributed by atoms with van der Waals surface area (Å²) in [7, 11) is 0. The van der Waals surface area contributed by atoms with Gasteiger partial charge in [0.05, 0.1) is 0 Å². The summed E-state index contributed by atoms with van der Waals surface area (Å²) in [6, 6.07) is 50.0. The molecule has 0 aliphatic heterocycles. The highest BCUT2D eigenvalue weighted by Crippen LogP contribution is 2.44. The Morgan fingerprint density at radius 2 is 0.738 bits per heavy atom. The summed E-state index contributed by atoms with van der Waals surface area (Å²) in [6.45, 7) is 0. The molecule has 42 heavy (non-hydrogen) atoms. The summed E-state index contributed by atoms with van der Waals surface area (Å²) in [5.74, 6) is 0. The molecule has 2 heteroatoms. The van der Waals surface area contributed by atoms with Gasteiger partial charge in [0.15, 0.2) is 0 Å². The van der Waals surface area contributed by atoms with E-state index in [1.165, 1.54) is 94.9 Å². The second-order valence-electron chi connectivity index (χ2n) is 11.3. The molecule has 194 valence electrons. The van der Waals surface area contributed by atoms with Gasteiger partial charge in [0, 0.05) is 40.3 Å². The standard InChI is InChI=1S/C40H22S2/c1-3-7-35-29(5-1)33-21-25(13-19-37(33)41-35)27-15-9-23-12-18-32-28(16-10-24-11-17-31(27)39(23)40(24)32)26-14-20-38-34(22-26)30-6-2-4-8-36(30)42-38/h1-22H. The number of thiophene rings is 2. The van der Waals surface area contributed by atoms with Crippen molar-refractivity contribution in [3.63, 3.8) is 0 Å². The van der Waals surface area contributed by atoms with Crippen LogP contribution in [-0.4, -0.2) is 0 Å². The molecule has 2 heterocycles. The van der Waals surface area contributed by atoms with Crippen LogP contribution >= 0.6 is 22.7 Å². The van der Waals surface area contributed by atoms with Crippen LogP contribution in [0.1, 0.15) is 0 Å². The molecule has 0 bridgehead atoms. The van der Waals surface area contributed by atoms with Crippen molar-refractivity contribution in [3.8, 4) is 22.3 Å². The first-order chi connectivity index (χ1) is 20.8. The zero-order chi connectivity index (χ0) is 27.4. The molecule has 0 atom stereocenters. The summed E-state index contributed by atoms with van der Waals surface area (Å²) in [6.07, 6.45) is 0. The zero-order valence-corrected chi connectivity index (χ0v) is 24.2. The summed E-state index contributed by atoms with van der Waals surface area (Å²) >= 11 is 3.75. The fraction of sp³-hybridized carbons (Fsp3) is 0. The number of hydrogen-bond donors (Lipinski definition) is 0. The highest BCUT2D eigenvalue weighted by molar-refractivity contribution is 7.26. The molecule has 8 aromatic carbocycles. The molecule has 0 aliphatic rings. The first-order valence-electron chi connectivity index (χ1n) is 14.3. The van der Waals surface area contributed by atoms with E-state index in [-0.39, 0.29) is 0 Å². The van der Waals surface area contributed by atoms with Gasteiger partial charge in [0.2, 0.25) is 0 Å². The van der Waals surface area contributed by atoms with Gasteiger partial charge in [-0.25, -0.2) is 0 Å². The molecule has 10 rings (SSSR count). The lowest BCUT2D eigenvalue weighted by Gasteiger charge is -2.16. The van der Waals surface area contributed by atoms with E-state index in [1.807, 2.05) is 22.7 Å². The van der Waals surface area contributed by atoms with E-state index in [2.05, 4.69) is 133 Å². The maximum Gasteiger partial charge on any atom is 0.0355 e. The van der Waals surface area contributed by atoms with Crippen molar-refractivity contribution in [2.75, 3.05) is 0 Å². The van der Waals surface area contributed by atoms with Gasteiger partial charge in [-0.2, -0.15) is 0 Å². The third-order valence-corrected chi connectivity index (χ3v) is 11.3. The summed E-state index contributed by atoms with van der Waals surface area (Å²) in [5, 5.41) is 13.3. The van der Waals surface area contributed by atoms with Crippen molar-refractivity contribution in [2.45, 2.75) is 0 Å². The van der Waals surface area contributed by atoms with E-state index < -0.39 is 0 Å². The topological polar surface area (TPSA) is 0 Å². The Balaban J connectivity index is 1.23. The van der Waals surface area contributed by atoms with Crippen LogP contribution in [0, 0.1) is 0 Å². The van der Waals surface area contributed by atoms with Crippen LogP contribution in [0.4, 0.5) is 0 Å². The molecule has 0 unspecified atom stereocenters. The smallest absolute Gasteiger partial charge is 0.0355 e. The van der Waals surface area contributed by atoms with Crippen LogP contribution in [0.25, 0.3) is 94.9 Å². The first-order valence-corrected chi connectivity index (χ1v) is 16.0. The summed E-state index contributed by atoms with van der Waals surface area (Å²) in [5.41, 5.74) is 5.15. The Labute approximate surface area is 250 Å². The van der Waals surface area contributed by atoms with Gasteiger partial charge in [-0.15, -0.1) is 22.7 Å². The van der Waals surface area contributed by atoms with E-state index in [4.69, 9.17) is 0 Å². The minimum Gasteiger partial charge on any atom is -0.135 e. The molecule has 0 amide bonds. The van der Waals surface area contributed by atoms with Crippen molar-refractivity contribution >= 4 is 95.3 Å². The van der Waals surface area contributed by atoms with Gasteiger partial charge in [-0.1, -0.05) is 97.1 Å². The molecule has 0 saturated carbocycles. The average Bonchev–Trinajstić information content (AvgIpc) is 3.61. The minimum atomic E-state index is 1.28. The maximum absolute atomic E-state index is 2.39. The number of hydrogen-bond acceptors (Lipinski definition) is 2. The van der Waals surface area contributed by atoms with Gasteiger partial charge in [-0.05, 0) is 91.0 Å². The molecular weight excluding hydrogens is 545 g/mol. The third kappa shape index (κ3) is 3.11. The third-order valence-electron chi connectivity index (χ3n) is 9.04. The van der Waals surface area contributed by atoms with Gasteiger partial charge in [0.1, 0.15) is 0 Å². The van der Waals surface area contributed by atoms with Crippen LogP contribution in [0.2, 0.25) is 0 Å². The monoisotopic (exact) mass is 566 g/mol. The molecular formula is C40H22S2. The Morgan fingerprint density at radius 1 is 0.310 bits per heavy atom. The lowest BCUT2D eigenvalue weighted by atomic mass is 9.87. The van der Waals surface area contributed by atoms with Crippen LogP contribution in [0.3, 0.4) is 0 Å². The molecule has 0 fully saturated rings. The quantitative estimate of drug-likeness (QED) is 0.183. The lowest BCUT2D eigenvalue weighted by Crippen LogP contribution is -1.89. The zero-order valence-electron chi connectivity index (χ0n) is 22.5. The molecule has 0 N–H and O–H groups in total. The van der Waals surface area contributed by atoms with Crippen LogP contribution in [0.5, 0.6) is 0 Å². The van der Waals surface area contributed by atoms with E-state index in [0.717, 1.165) is 0 Å². The second kappa shape index (κ2) is 8.39. The van der Waals surface area contributed by atoms with Gasteiger partial charge >= 0.3 is 0 Å². The normalized spacial score (nSPS) is 12.3. The lowest BCUT2D eigenvalue weighted by molar-refractivity contribution is 1.70. The Morgan fingerprint density at radius 3 is 1.24 bits per heavy atom. The van der Waals surface area contributed by atoms with Crippen molar-refractivity contribution in [1.29, 1.82) is 0 Å². The molecule has 0 radical (unpaired) electrons. The molecule has 0 saturated heterocycles. The highest BCUT2D eigenvalue weighted by atomic mass is 32.1. The molecule has 0 nitrogen and oxygen atoms in total. The van der Waals surface area contributed by atoms with Gasteiger partial charge in [0.25, 0.3) is 0 Å². The molecule has 10 aromatic rings. The number of benzene rings is 8. The van der Waals surface area contributed by atoms with E-state index in [9.17, 15) is 0 Å². The van der Waals surface area contributed by atoms with Crippen LogP contribution in [-0.2, 0) is 0 Å². The molecule has 2 aromatic heterocycles. The number of fused-ring (bicyclic) bond motifs is 6. The Kier molecular flexibility index (Phi) is 4.57. The largest absolute Gasteiger partial charge is 0.135 e. The van der Waals surface area contributed by atoms with Crippen LogP contribution in [0.15, 0.2) is 133 Å². The fourth-order valence-electron chi connectivity index (χ4n) is 7.09. The second-order valence-corrected chi connectivity index (χ2v) is 13.4. The van der Waals surface area contributed by atoms with Gasteiger partial charge < -0.3 is 0 Å². The van der Waals surface area contributed by atoms with E-state index >= 15 is 0 Å².